The molecule has 0 bridgehead atoms. The first-order valence-electron chi connectivity index (χ1n) is 11.1. The number of aromatic nitrogens is 4. The molecular formula is C25H25BrN6O. The van der Waals surface area contributed by atoms with Gasteiger partial charge in [0.05, 0.1) is 17.0 Å². The Kier molecular flexibility index (Phi) is 6.09. The number of fused-ring (bicyclic) bond motifs is 1. The minimum atomic E-state index is -0.0774. The molecule has 0 aliphatic carbocycles. The summed E-state index contributed by atoms with van der Waals surface area (Å²) in [7, 11) is 0. The molecule has 1 N–H and O–H groups in total. The van der Waals surface area contributed by atoms with E-state index >= 15 is 0 Å². The maximum atomic E-state index is 12.9. The predicted molar refractivity (Wildman–Crippen MR) is 132 cm³/mol. The second kappa shape index (κ2) is 9.31. The highest BCUT2D eigenvalue weighted by atomic mass is 79.9. The molecule has 0 unspecified atom stereocenters. The topological polar surface area (TPSA) is 75.9 Å². The van der Waals surface area contributed by atoms with E-state index in [-0.39, 0.29) is 11.8 Å². The van der Waals surface area contributed by atoms with Crippen molar-refractivity contribution in [3.63, 3.8) is 0 Å². The molecule has 0 radical (unpaired) electrons. The van der Waals surface area contributed by atoms with Crippen molar-refractivity contribution < 1.29 is 4.79 Å². The average Bonchev–Trinajstić information content (AvgIpc) is 3.28. The molecule has 7 nitrogen and oxygen atoms in total. The third kappa shape index (κ3) is 4.75. The van der Waals surface area contributed by atoms with Crippen LogP contribution in [0.15, 0.2) is 65.5 Å². The molecule has 33 heavy (non-hydrogen) atoms. The van der Waals surface area contributed by atoms with Gasteiger partial charge in [0.2, 0.25) is 5.91 Å². The predicted octanol–water partition coefficient (Wildman–Crippen LogP) is 4.42. The lowest BCUT2D eigenvalue weighted by atomic mass is 9.97. The van der Waals surface area contributed by atoms with Crippen molar-refractivity contribution in [2.45, 2.75) is 26.3 Å². The summed E-state index contributed by atoms with van der Waals surface area (Å²) in [5.41, 5.74) is 3.92. The second-order valence-electron chi connectivity index (χ2n) is 8.47. The Bertz CT molecular complexity index is 1270. The number of rotatable bonds is 5. The van der Waals surface area contributed by atoms with Crippen LogP contribution in [-0.2, 0) is 11.3 Å². The van der Waals surface area contributed by atoms with E-state index in [4.69, 9.17) is 0 Å². The number of carbonyl (C=O) groups excluding carboxylic acids is 1. The minimum absolute atomic E-state index is 0.0774. The van der Waals surface area contributed by atoms with Gasteiger partial charge in [0, 0.05) is 30.3 Å². The fourth-order valence-electron chi connectivity index (χ4n) is 4.23. The summed E-state index contributed by atoms with van der Waals surface area (Å²) >= 11 is 3.44. The number of piperidine rings is 1. The van der Waals surface area contributed by atoms with Gasteiger partial charge < -0.3 is 10.2 Å². The van der Waals surface area contributed by atoms with Gasteiger partial charge in [-0.2, -0.15) is 0 Å². The summed E-state index contributed by atoms with van der Waals surface area (Å²) in [6, 6.07) is 16.2. The first-order chi connectivity index (χ1) is 16.1. The number of hydrogen-bond donors (Lipinski definition) is 1. The molecule has 168 valence electrons. The van der Waals surface area contributed by atoms with E-state index in [2.05, 4.69) is 60.3 Å². The van der Waals surface area contributed by atoms with E-state index in [1.165, 1.54) is 5.56 Å². The zero-order valence-corrected chi connectivity index (χ0v) is 20.0. The van der Waals surface area contributed by atoms with Crippen molar-refractivity contribution in [1.82, 2.24) is 25.1 Å². The Morgan fingerprint density at radius 1 is 1.12 bits per heavy atom. The van der Waals surface area contributed by atoms with Gasteiger partial charge in [0.15, 0.2) is 5.65 Å². The first-order valence-corrected chi connectivity index (χ1v) is 11.9. The van der Waals surface area contributed by atoms with Gasteiger partial charge in [-0.3, -0.25) is 4.79 Å². The van der Waals surface area contributed by atoms with Crippen molar-refractivity contribution in [1.29, 1.82) is 0 Å². The number of aryl methyl sites for hydroxylation is 1. The van der Waals surface area contributed by atoms with Crippen LogP contribution >= 0.6 is 15.9 Å². The lowest BCUT2D eigenvalue weighted by Crippen LogP contribution is -2.43. The Morgan fingerprint density at radius 3 is 2.70 bits per heavy atom. The summed E-state index contributed by atoms with van der Waals surface area (Å²) in [5.74, 6) is 0.846. The van der Waals surface area contributed by atoms with Crippen LogP contribution in [0.4, 0.5) is 5.82 Å². The van der Waals surface area contributed by atoms with Crippen molar-refractivity contribution in [3.8, 4) is 5.69 Å². The van der Waals surface area contributed by atoms with Crippen LogP contribution in [-0.4, -0.2) is 38.7 Å². The van der Waals surface area contributed by atoms with E-state index < -0.39 is 0 Å². The van der Waals surface area contributed by atoms with Crippen molar-refractivity contribution in [2.75, 3.05) is 18.0 Å². The SMILES string of the molecule is Cc1ccc(-n2cc3c(N4CCC[C@H](C(=O)NCc5ccc(Br)cc5)C4)ncnc3n2)cc1. The number of hydrogen-bond acceptors (Lipinski definition) is 5. The molecule has 1 amide bonds. The van der Waals surface area contributed by atoms with Crippen molar-refractivity contribution >= 4 is 38.7 Å². The lowest BCUT2D eigenvalue weighted by molar-refractivity contribution is -0.125. The smallest absolute Gasteiger partial charge is 0.225 e. The number of benzene rings is 2. The first kappa shape index (κ1) is 21.6. The average molecular weight is 505 g/mol. The number of nitrogens with zero attached hydrogens (tertiary/aromatic N) is 5. The van der Waals surface area contributed by atoms with E-state index in [0.29, 0.717) is 18.7 Å². The summed E-state index contributed by atoms with van der Waals surface area (Å²) in [6.07, 6.45) is 5.35. The van der Waals surface area contributed by atoms with Gasteiger partial charge in [-0.25, -0.2) is 14.6 Å². The minimum Gasteiger partial charge on any atom is -0.355 e. The third-order valence-corrected chi connectivity index (χ3v) is 6.59. The van der Waals surface area contributed by atoms with E-state index in [0.717, 1.165) is 46.3 Å². The van der Waals surface area contributed by atoms with Crippen LogP contribution in [0.1, 0.15) is 24.0 Å². The molecule has 1 aliphatic heterocycles. The summed E-state index contributed by atoms with van der Waals surface area (Å²) in [4.78, 5) is 24.0. The molecule has 1 fully saturated rings. The zero-order chi connectivity index (χ0) is 22.8. The molecule has 8 heteroatoms. The summed E-state index contributed by atoms with van der Waals surface area (Å²) in [5, 5.41) is 8.64. The maximum absolute atomic E-state index is 12.9. The summed E-state index contributed by atoms with van der Waals surface area (Å²) in [6.45, 7) is 4.09. The number of halogens is 1. The van der Waals surface area contributed by atoms with Gasteiger partial charge >= 0.3 is 0 Å². The van der Waals surface area contributed by atoms with Crippen molar-refractivity contribution in [2.24, 2.45) is 5.92 Å². The molecular weight excluding hydrogens is 480 g/mol. The van der Waals surface area contributed by atoms with E-state index in [9.17, 15) is 4.79 Å². The molecule has 0 saturated carbocycles. The van der Waals surface area contributed by atoms with Crippen LogP contribution in [0.25, 0.3) is 16.7 Å². The highest BCUT2D eigenvalue weighted by Gasteiger charge is 2.28. The Morgan fingerprint density at radius 2 is 1.91 bits per heavy atom. The maximum Gasteiger partial charge on any atom is 0.225 e. The molecule has 3 heterocycles. The van der Waals surface area contributed by atoms with Crippen LogP contribution in [0.3, 0.4) is 0 Å². The highest BCUT2D eigenvalue weighted by Crippen LogP contribution is 2.28. The molecule has 2 aromatic heterocycles. The number of nitrogens with one attached hydrogen (secondary N) is 1. The van der Waals surface area contributed by atoms with Crippen molar-refractivity contribution in [3.05, 3.63) is 76.7 Å². The van der Waals surface area contributed by atoms with Gasteiger partial charge in [0.1, 0.15) is 12.1 Å². The van der Waals surface area contributed by atoms with Gasteiger partial charge in [-0.15, -0.1) is 5.10 Å². The largest absolute Gasteiger partial charge is 0.355 e. The van der Waals surface area contributed by atoms with Gasteiger partial charge in [-0.05, 0) is 49.6 Å². The third-order valence-electron chi connectivity index (χ3n) is 6.07. The lowest BCUT2D eigenvalue weighted by Gasteiger charge is -2.33. The molecule has 0 spiro atoms. The standard InChI is InChI=1S/C25H25BrN6O/c1-17-4-10-21(11-5-17)32-15-22-23(30-32)28-16-29-24(22)31-12-2-3-19(14-31)25(33)27-13-18-6-8-20(26)9-7-18/h4-11,15-16,19H,2-3,12-14H2,1H3,(H,27,33)/t19-/m0/s1. The number of amides is 1. The van der Waals surface area contributed by atoms with E-state index in [1.807, 2.05) is 47.3 Å². The van der Waals surface area contributed by atoms with E-state index in [1.54, 1.807) is 6.33 Å². The normalized spacial score (nSPS) is 16.2. The Balaban J connectivity index is 1.32. The fraction of sp³-hybridized carbons (Fsp3) is 0.280. The zero-order valence-electron chi connectivity index (χ0n) is 18.4. The second-order valence-corrected chi connectivity index (χ2v) is 9.39. The van der Waals surface area contributed by atoms with Crippen LogP contribution in [0.5, 0.6) is 0 Å². The molecule has 1 aliphatic rings. The van der Waals surface area contributed by atoms with Crippen LogP contribution in [0, 0.1) is 12.8 Å². The quantitative estimate of drug-likeness (QED) is 0.435. The Hall–Kier alpha value is -3.26. The van der Waals surface area contributed by atoms with Crippen LogP contribution < -0.4 is 10.2 Å². The molecule has 5 rings (SSSR count). The van der Waals surface area contributed by atoms with Gasteiger partial charge in [0.25, 0.3) is 0 Å². The fourth-order valence-corrected chi connectivity index (χ4v) is 4.49. The molecule has 1 saturated heterocycles. The Labute approximate surface area is 201 Å². The molecule has 4 aromatic rings. The van der Waals surface area contributed by atoms with Gasteiger partial charge in [-0.1, -0.05) is 45.8 Å². The monoisotopic (exact) mass is 504 g/mol. The van der Waals surface area contributed by atoms with Crippen LogP contribution in [0.2, 0.25) is 0 Å². The summed E-state index contributed by atoms with van der Waals surface area (Å²) < 4.78 is 2.87. The molecule has 1 atom stereocenters. The highest BCUT2D eigenvalue weighted by molar-refractivity contribution is 9.10. The number of carbonyl (C=O) groups is 1. The number of anilines is 1. The molecule has 2 aromatic carbocycles.